The highest BCUT2D eigenvalue weighted by Crippen LogP contribution is 2.27. The Morgan fingerprint density at radius 1 is 1.30 bits per heavy atom. The summed E-state index contributed by atoms with van der Waals surface area (Å²) in [6.07, 6.45) is -0.143. The second kappa shape index (κ2) is 6.05. The van der Waals surface area contributed by atoms with E-state index in [2.05, 4.69) is 0 Å². The molecule has 1 unspecified atom stereocenters. The number of benzene rings is 1. The Morgan fingerprint density at radius 2 is 2.00 bits per heavy atom. The molecule has 0 radical (unpaired) electrons. The van der Waals surface area contributed by atoms with Crippen molar-refractivity contribution in [2.75, 3.05) is 13.2 Å². The van der Waals surface area contributed by atoms with Gasteiger partial charge in [0.15, 0.2) is 11.6 Å². The standard InChI is InChI=1S/C15H18FNO3/c1-4-19-10(2)9-20-15-12(16)7-5-11-6-8-13(18)17(3)14(11)15/h5-8,10H,4,9H2,1-3H3. The van der Waals surface area contributed by atoms with Crippen LogP contribution in [0.25, 0.3) is 10.9 Å². The maximum absolute atomic E-state index is 14.0. The first kappa shape index (κ1) is 14.5. The van der Waals surface area contributed by atoms with Gasteiger partial charge in [0.2, 0.25) is 0 Å². The maximum Gasteiger partial charge on any atom is 0.250 e. The highest BCUT2D eigenvalue weighted by atomic mass is 19.1. The molecule has 4 nitrogen and oxygen atoms in total. The third-order valence-electron chi connectivity index (χ3n) is 3.10. The highest BCUT2D eigenvalue weighted by molar-refractivity contribution is 5.85. The Balaban J connectivity index is 2.43. The molecule has 0 fully saturated rings. The summed E-state index contributed by atoms with van der Waals surface area (Å²) in [6.45, 7) is 4.54. The third-order valence-corrected chi connectivity index (χ3v) is 3.10. The third kappa shape index (κ3) is 2.82. The van der Waals surface area contributed by atoms with Crippen molar-refractivity contribution >= 4 is 10.9 Å². The molecule has 20 heavy (non-hydrogen) atoms. The van der Waals surface area contributed by atoms with Gasteiger partial charge in [-0.15, -0.1) is 0 Å². The van der Waals surface area contributed by atoms with Gasteiger partial charge in [0.25, 0.3) is 5.56 Å². The normalized spacial score (nSPS) is 12.6. The van der Waals surface area contributed by atoms with Crippen molar-refractivity contribution in [3.63, 3.8) is 0 Å². The molecule has 0 bridgehead atoms. The summed E-state index contributed by atoms with van der Waals surface area (Å²) in [6, 6.07) is 6.08. The van der Waals surface area contributed by atoms with Gasteiger partial charge in [0.1, 0.15) is 6.61 Å². The highest BCUT2D eigenvalue weighted by Gasteiger charge is 2.13. The number of hydrogen-bond acceptors (Lipinski definition) is 3. The molecule has 5 heteroatoms. The Bertz CT molecular complexity index is 666. The molecular weight excluding hydrogens is 261 g/mol. The molecule has 1 heterocycles. The van der Waals surface area contributed by atoms with E-state index in [0.717, 1.165) is 5.39 Å². The molecule has 108 valence electrons. The van der Waals surface area contributed by atoms with Gasteiger partial charge in [-0.25, -0.2) is 4.39 Å². The average molecular weight is 279 g/mol. The van der Waals surface area contributed by atoms with E-state index < -0.39 is 5.82 Å². The van der Waals surface area contributed by atoms with Crippen LogP contribution in [0.3, 0.4) is 0 Å². The number of nitrogens with zero attached hydrogens (tertiary/aromatic N) is 1. The van der Waals surface area contributed by atoms with Gasteiger partial charge >= 0.3 is 0 Å². The van der Waals surface area contributed by atoms with Gasteiger partial charge in [-0.1, -0.05) is 0 Å². The Labute approximate surface area is 116 Å². The van der Waals surface area contributed by atoms with Crippen LogP contribution < -0.4 is 10.3 Å². The lowest BCUT2D eigenvalue weighted by Crippen LogP contribution is -2.20. The molecule has 2 rings (SSSR count). The van der Waals surface area contributed by atoms with Gasteiger partial charge in [0.05, 0.1) is 11.6 Å². The number of aryl methyl sites for hydroxylation is 1. The lowest BCUT2D eigenvalue weighted by Gasteiger charge is -2.16. The number of hydrogen-bond donors (Lipinski definition) is 0. The van der Waals surface area contributed by atoms with Crippen LogP contribution in [0.4, 0.5) is 4.39 Å². The fraction of sp³-hybridized carbons (Fsp3) is 0.400. The van der Waals surface area contributed by atoms with Gasteiger partial charge in [-0.05, 0) is 32.0 Å². The average Bonchev–Trinajstić information content (AvgIpc) is 2.42. The molecular formula is C15H18FNO3. The molecule has 0 N–H and O–H groups in total. The van der Waals surface area contributed by atoms with Crippen molar-refractivity contribution in [3.05, 3.63) is 40.4 Å². The zero-order valence-corrected chi connectivity index (χ0v) is 11.9. The van der Waals surface area contributed by atoms with E-state index in [1.54, 1.807) is 19.2 Å². The first-order valence-corrected chi connectivity index (χ1v) is 6.57. The van der Waals surface area contributed by atoms with E-state index >= 15 is 0 Å². The minimum Gasteiger partial charge on any atom is -0.486 e. The van der Waals surface area contributed by atoms with Crippen molar-refractivity contribution < 1.29 is 13.9 Å². The molecule has 0 spiro atoms. The summed E-state index contributed by atoms with van der Waals surface area (Å²) in [5.74, 6) is -0.392. The zero-order valence-electron chi connectivity index (χ0n) is 11.9. The molecule has 1 aromatic heterocycles. The minimum absolute atomic E-state index is 0.0919. The SMILES string of the molecule is CCOC(C)COc1c(F)ccc2ccc(=O)n(C)c12. The predicted octanol–water partition coefficient (Wildman–Crippen LogP) is 2.48. The fourth-order valence-electron chi connectivity index (χ4n) is 2.10. The second-order valence-electron chi connectivity index (χ2n) is 4.62. The van der Waals surface area contributed by atoms with E-state index in [1.165, 1.54) is 16.7 Å². The quantitative estimate of drug-likeness (QED) is 0.844. The minimum atomic E-state index is -0.484. The van der Waals surface area contributed by atoms with Crippen LogP contribution in [0.1, 0.15) is 13.8 Å². The van der Waals surface area contributed by atoms with Crippen LogP contribution in [0.15, 0.2) is 29.1 Å². The van der Waals surface area contributed by atoms with Crippen molar-refractivity contribution in [2.24, 2.45) is 7.05 Å². The first-order chi connectivity index (χ1) is 9.54. The van der Waals surface area contributed by atoms with Crippen LogP contribution in [-0.2, 0) is 11.8 Å². The predicted molar refractivity (Wildman–Crippen MR) is 75.7 cm³/mol. The number of pyridine rings is 1. The van der Waals surface area contributed by atoms with Crippen LogP contribution in [-0.4, -0.2) is 23.9 Å². The zero-order chi connectivity index (χ0) is 14.7. The second-order valence-corrected chi connectivity index (χ2v) is 4.62. The van der Waals surface area contributed by atoms with Crippen LogP contribution in [0, 0.1) is 5.82 Å². The number of fused-ring (bicyclic) bond motifs is 1. The van der Waals surface area contributed by atoms with Gasteiger partial charge in [-0.2, -0.15) is 0 Å². The largest absolute Gasteiger partial charge is 0.486 e. The summed E-state index contributed by atoms with van der Waals surface area (Å²) < 4.78 is 26.3. The summed E-state index contributed by atoms with van der Waals surface area (Å²) in [5.41, 5.74) is 0.256. The molecule has 0 aliphatic rings. The molecule has 2 aromatic rings. The summed E-state index contributed by atoms with van der Waals surface area (Å²) >= 11 is 0. The molecule has 0 aliphatic carbocycles. The smallest absolute Gasteiger partial charge is 0.250 e. The van der Waals surface area contributed by atoms with Crippen LogP contribution >= 0.6 is 0 Å². The Kier molecular flexibility index (Phi) is 4.39. The molecule has 0 aliphatic heterocycles. The van der Waals surface area contributed by atoms with E-state index in [4.69, 9.17) is 9.47 Å². The van der Waals surface area contributed by atoms with Gasteiger partial charge in [0, 0.05) is 25.1 Å². The van der Waals surface area contributed by atoms with Crippen molar-refractivity contribution in [1.82, 2.24) is 4.57 Å². The molecule has 0 saturated carbocycles. The fourth-order valence-corrected chi connectivity index (χ4v) is 2.10. The molecule has 0 saturated heterocycles. The number of aromatic nitrogens is 1. The molecule has 1 aromatic carbocycles. The molecule has 1 atom stereocenters. The summed E-state index contributed by atoms with van der Waals surface area (Å²) in [7, 11) is 1.60. The topological polar surface area (TPSA) is 40.5 Å². The first-order valence-electron chi connectivity index (χ1n) is 6.57. The number of rotatable bonds is 5. The van der Waals surface area contributed by atoms with E-state index in [-0.39, 0.29) is 24.0 Å². The lowest BCUT2D eigenvalue weighted by molar-refractivity contribution is 0.0395. The van der Waals surface area contributed by atoms with Crippen molar-refractivity contribution in [2.45, 2.75) is 20.0 Å². The van der Waals surface area contributed by atoms with Crippen LogP contribution in [0.2, 0.25) is 0 Å². The van der Waals surface area contributed by atoms with E-state index in [0.29, 0.717) is 12.1 Å². The Morgan fingerprint density at radius 3 is 2.70 bits per heavy atom. The lowest BCUT2D eigenvalue weighted by atomic mass is 10.2. The van der Waals surface area contributed by atoms with Crippen molar-refractivity contribution in [1.29, 1.82) is 0 Å². The number of halogens is 1. The molecule has 0 amide bonds. The van der Waals surface area contributed by atoms with E-state index in [1.807, 2.05) is 13.8 Å². The van der Waals surface area contributed by atoms with Gasteiger partial charge in [-0.3, -0.25) is 4.79 Å². The number of ether oxygens (including phenoxy) is 2. The van der Waals surface area contributed by atoms with Gasteiger partial charge < -0.3 is 14.0 Å². The monoisotopic (exact) mass is 279 g/mol. The Hall–Kier alpha value is -1.88. The maximum atomic E-state index is 14.0. The summed E-state index contributed by atoms with van der Waals surface area (Å²) in [5, 5.41) is 0.757. The van der Waals surface area contributed by atoms with Crippen LogP contribution in [0.5, 0.6) is 5.75 Å². The summed E-state index contributed by atoms with van der Waals surface area (Å²) in [4.78, 5) is 11.7. The van der Waals surface area contributed by atoms with Crippen molar-refractivity contribution in [3.8, 4) is 5.75 Å². The van der Waals surface area contributed by atoms with E-state index in [9.17, 15) is 9.18 Å².